The van der Waals surface area contributed by atoms with Gasteiger partial charge in [0.2, 0.25) is 0 Å². The van der Waals surface area contributed by atoms with Crippen LogP contribution in [0.15, 0.2) is 34.9 Å². The number of imidazole rings is 1. The predicted octanol–water partition coefficient (Wildman–Crippen LogP) is 2.97. The van der Waals surface area contributed by atoms with E-state index in [1.165, 1.54) is 0 Å². The molecular weight excluding hydrogens is 370 g/mol. The van der Waals surface area contributed by atoms with Crippen molar-refractivity contribution >= 4 is 23.3 Å². The van der Waals surface area contributed by atoms with Crippen LogP contribution in [0, 0.1) is 6.92 Å². The Hall–Kier alpha value is -3.42. The minimum absolute atomic E-state index is 0.142. The molecule has 2 aromatic heterocycles. The van der Waals surface area contributed by atoms with Gasteiger partial charge >= 0.3 is 0 Å². The van der Waals surface area contributed by atoms with Gasteiger partial charge in [-0.1, -0.05) is 23.4 Å². The van der Waals surface area contributed by atoms with Crippen molar-refractivity contribution in [2.45, 2.75) is 39.2 Å². The van der Waals surface area contributed by atoms with Gasteiger partial charge in [0.15, 0.2) is 17.3 Å². The second-order valence-corrected chi connectivity index (χ2v) is 7.45. The Kier molecular flexibility index (Phi) is 4.19. The first kappa shape index (κ1) is 17.7. The maximum absolute atomic E-state index is 13.4. The summed E-state index contributed by atoms with van der Waals surface area (Å²) in [6.45, 7) is 3.06. The van der Waals surface area contributed by atoms with E-state index in [-0.39, 0.29) is 17.6 Å². The van der Waals surface area contributed by atoms with Crippen LogP contribution in [0.2, 0.25) is 0 Å². The monoisotopic (exact) mass is 391 g/mol. The van der Waals surface area contributed by atoms with Crippen LogP contribution in [0.1, 0.15) is 51.0 Å². The Morgan fingerprint density at radius 1 is 1.14 bits per heavy atom. The van der Waals surface area contributed by atoms with Crippen LogP contribution < -0.4 is 10.2 Å². The highest BCUT2D eigenvalue weighted by atomic mass is 16.5. The third-order valence-electron chi connectivity index (χ3n) is 5.53. The summed E-state index contributed by atoms with van der Waals surface area (Å²) >= 11 is 0. The van der Waals surface area contributed by atoms with Gasteiger partial charge in [-0.05, 0) is 44.2 Å². The van der Waals surface area contributed by atoms with Gasteiger partial charge in [-0.2, -0.15) is 0 Å². The van der Waals surface area contributed by atoms with Crippen molar-refractivity contribution in [2.75, 3.05) is 16.8 Å². The summed E-state index contributed by atoms with van der Waals surface area (Å²) in [7, 11) is 0. The number of nitrogens with one attached hydrogen (secondary N) is 1. The van der Waals surface area contributed by atoms with Gasteiger partial charge in [-0.3, -0.25) is 9.59 Å². The van der Waals surface area contributed by atoms with E-state index >= 15 is 0 Å². The van der Waals surface area contributed by atoms with E-state index in [4.69, 9.17) is 4.52 Å². The fraction of sp³-hybridized carbons (Fsp3) is 0.333. The van der Waals surface area contributed by atoms with E-state index in [9.17, 15) is 9.59 Å². The molecule has 4 heterocycles. The first-order valence-corrected chi connectivity index (χ1v) is 9.85. The third kappa shape index (κ3) is 3.00. The summed E-state index contributed by atoms with van der Waals surface area (Å²) in [4.78, 5) is 32.5. The van der Waals surface area contributed by atoms with E-state index in [2.05, 4.69) is 15.5 Å². The lowest BCUT2D eigenvalue weighted by Crippen LogP contribution is -2.30. The molecule has 0 aliphatic carbocycles. The highest BCUT2D eigenvalue weighted by Crippen LogP contribution is 2.30. The summed E-state index contributed by atoms with van der Waals surface area (Å²) in [6, 6.07) is 9.57. The summed E-state index contributed by atoms with van der Waals surface area (Å²) in [6.07, 6.45) is 3.50. The number of amides is 2. The fourth-order valence-electron chi connectivity index (χ4n) is 4.16. The van der Waals surface area contributed by atoms with Crippen molar-refractivity contribution in [1.82, 2.24) is 14.7 Å². The predicted molar refractivity (Wildman–Crippen MR) is 106 cm³/mol. The van der Waals surface area contributed by atoms with Crippen molar-refractivity contribution in [3.05, 3.63) is 58.9 Å². The van der Waals surface area contributed by atoms with Crippen LogP contribution in [-0.4, -0.2) is 33.1 Å². The molecule has 0 saturated heterocycles. The third-order valence-corrected chi connectivity index (χ3v) is 5.53. The highest BCUT2D eigenvalue weighted by molar-refractivity contribution is 6.08. The average molecular weight is 391 g/mol. The van der Waals surface area contributed by atoms with Crippen LogP contribution in [0.25, 0.3) is 0 Å². The van der Waals surface area contributed by atoms with Crippen molar-refractivity contribution in [3.63, 3.8) is 0 Å². The molecule has 5 rings (SSSR count). The number of aryl methyl sites for hydroxylation is 1. The van der Waals surface area contributed by atoms with Crippen LogP contribution in [0.5, 0.6) is 0 Å². The lowest BCUT2D eigenvalue weighted by molar-refractivity contribution is 0.0983. The molecule has 1 aromatic carbocycles. The molecule has 29 heavy (non-hydrogen) atoms. The second kappa shape index (κ2) is 6.88. The quantitative estimate of drug-likeness (QED) is 0.741. The molecule has 8 heteroatoms. The maximum atomic E-state index is 13.4. The van der Waals surface area contributed by atoms with Gasteiger partial charge < -0.3 is 19.3 Å². The van der Waals surface area contributed by atoms with Crippen molar-refractivity contribution in [2.24, 2.45) is 0 Å². The number of nitrogens with zero attached hydrogens (tertiary/aromatic N) is 4. The summed E-state index contributed by atoms with van der Waals surface area (Å²) in [5, 5.41) is 6.52. The molecule has 3 aromatic rings. The molecule has 148 valence electrons. The summed E-state index contributed by atoms with van der Waals surface area (Å²) < 4.78 is 6.88. The lowest BCUT2D eigenvalue weighted by atomic mass is 10.1. The van der Waals surface area contributed by atoms with Crippen LogP contribution in [0.3, 0.4) is 0 Å². The highest BCUT2D eigenvalue weighted by Gasteiger charge is 2.33. The molecule has 0 atom stereocenters. The van der Waals surface area contributed by atoms with E-state index in [0.29, 0.717) is 30.4 Å². The molecule has 0 unspecified atom stereocenters. The molecule has 2 amide bonds. The van der Waals surface area contributed by atoms with Gasteiger partial charge in [-0.25, -0.2) is 4.98 Å². The molecule has 0 fully saturated rings. The molecule has 0 radical (unpaired) electrons. The summed E-state index contributed by atoms with van der Waals surface area (Å²) in [5.41, 5.74) is 3.31. The minimum Gasteiger partial charge on any atom is -0.360 e. The minimum atomic E-state index is -0.387. The molecular formula is C21H21N5O3. The van der Waals surface area contributed by atoms with Gasteiger partial charge in [0.25, 0.3) is 11.8 Å². The van der Waals surface area contributed by atoms with Crippen LogP contribution >= 0.6 is 0 Å². The zero-order valence-electron chi connectivity index (χ0n) is 16.1. The zero-order chi connectivity index (χ0) is 20.0. The molecule has 1 N–H and O–H groups in total. The zero-order valence-corrected chi connectivity index (χ0v) is 16.1. The van der Waals surface area contributed by atoms with E-state index in [1.807, 2.05) is 28.8 Å². The summed E-state index contributed by atoms with van der Waals surface area (Å²) in [5.74, 6) is 0.659. The van der Waals surface area contributed by atoms with Crippen molar-refractivity contribution in [3.8, 4) is 0 Å². The molecule has 0 bridgehead atoms. The Morgan fingerprint density at radius 3 is 2.83 bits per heavy atom. The molecule has 8 nitrogen and oxygen atoms in total. The number of anilines is 2. The largest absolute Gasteiger partial charge is 0.360 e. The van der Waals surface area contributed by atoms with E-state index in [1.54, 1.807) is 17.9 Å². The Morgan fingerprint density at radius 2 is 2.00 bits per heavy atom. The number of hydrogen-bond donors (Lipinski definition) is 1. The van der Waals surface area contributed by atoms with Crippen molar-refractivity contribution < 1.29 is 14.1 Å². The number of carbonyl (C=O) groups is 2. The van der Waals surface area contributed by atoms with Gasteiger partial charge in [0.1, 0.15) is 5.76 Å². The first-order valence-electron chi connectivity index (χ1n) is 9.85. The Labute approximate surface area is 167 Å². The topological polar surface area (TPSA) is 93.3 Å². The van der Waals surface area contributed by atoms with Gasteiger partial charge in [0.05, 0.1) is 5.69 Å². The Balaban J connectivity index is 1.49. The number of aromatic nitrogens is 3. The number of fused-ring (bicyclic) bond motifs is 2. The lowest BCUT2D eigenvalue weighted by Gasteiger charge is -2.19. The van der Waals surface area contributed by atoms with Gasteiger partial charge in [-0.15, -0.1) is 0 Å². The standard InChI is InChI=1S/C21H21N5O3/c1-13-12-17(24-29-13)22-20(27)19-23-18(16-8-4-5-10-25(16)19)21(28)26-11-9-14-6-2-3-7-15(14)26/h2-3,6-7,12H,4-5,8-11H2,1H3,(H,22,24,27). The normalized spacial score (nSPS) is 15.1. The van der Waals surface area contributed by atoms with Gasteiger partial charge in [0, 0.05) is 24.8 Å². The maximum Gasteiger partial charge on any atom is 0.292 e. The first-order chi connectivity index (χ1) is 14.1. The van der Waals surface area contributed by atoms with E-state index < -0.39 is 0 Å². The van der Waals surface area contributed by atoms with E-state index in [0.717, 1.165) is 42.6 Å². The second-order valence-electron chi connectivity index (χ2n) is 7.45. The molecule has 0 spiro atoms. The van der Waals surface area contributed by atoms with Crippen LogP contribution in [-0.2, 0) is 19.4 Å². The SMILES string of the molecule is Cc1cc(NC(=O)c2nc(C(=O)N3CCc4ccccc43)c3n2CCCC3)no1. The number of hydrogen-bond acceptors (Lipinski definition) is 5. The number of benzene rings is 1. The molecule has 2 aliphatic heterocycles. The fourth-order valence-corrected chi connectivity index (χ4v) is 4.16. The average Bonchev–Trinajstić information content (AvgIpc) is 3.44. The molecule has 2 aliphatic rings. The van der Waals surface area contributed by atoms with Crippen LogP contribution in [0.4, 0.5) is 11.5 Å². The smallest absolute Gasteiger partial charge is 0.292 e. The van der Waals surface area contributed by atoms with Crippen molar-refractivity contribution in [1.29, 1.82) is 0 Å². The number of para-hydroxylation sites is 1. The molecule has 0 saturated carbocycles. The Bertz CT molecular complexity index is 1110. The number of rotatable bonds is 3. The number of carbonyl (C=O) groups excluding carboxylic acids is 2.